The Balaban J connectivity index is 1.76. The average molecular weight is 413 g/mol. The van der Waals surface area contributed by atoms with Crippen LogP contribution in [0.4, 0.5) is 10.1 Å². The standard InChI is InChI=1S/C17H18BrFN2O2S/c1-13-12-14(6-7-15(13)18)24(22,23)21-10-8-20(9-11-21)17-5-3-2-4-16(17)19/h2-7,12H,8-11H2,1H3. The number of piperazine rings is 1. The summed E-state index contributed by atoms with van der Waals surface area (Å²) in [5.41, 5.74) is 1.40. The van der Waals surface area contributed by atoms with Gasteiger partial charge >= 0.3 is 0 Å². The largest absolute Gasteiger partial charge is 0.367 e. The Labute approximate surface area is 150 Å². The first kappa shape index (κ1) is 17.4. The van der Waals surface area contributed by atoms with Crippen LogP contribution >= 0.6 is 15.9 Å². The fourth-order valence-corrected chi connectivity index (χ4v) is 4.56. The van der Waals surface area contributed by atoms with E-state index in [2.05, 4.69) is 15.9 Å². The number of para-hydroxylation sites is 1. The molecule has 0 bridgehead atoms. The number of benzene rings is 2. The molecule has 0 amide bonds. The molecule has 4 nitrogen and oxygen atoms in total. The zero-order valence-corrected chi connectivity index (χ0v) is 15.6. The van der Waals surface area contributed by atoms with Gasteiger partial charge in [0.1, 0.15) is 5.82 Å². The van der Waals surface area contributed by atoms with Crippen molar-refractivity contribution >= 4 is 31.6 Å². The molecule has 0 saturated carbocycles. The van der Waals surface area contributed by atoms with Gasteiger partial charge in [-0.1, -0.05) is 28.1 Å². The smallest absolute Gasteiger partial charge is 0.243 e. The van der Waals surface area contributed by atoms with Crippen molar-refractivity contribution in [1.29, 1.82) is 0 Å². The third kappa shape index (κ3) is 3.34. The van der Waals surface area contributed by atoms with Crippen LogP contribution in [0.3, 0.4) is 0 Å². The molecule has 24 heavy (non-hydrogen) atoms. The Hall–Kier alpha value is -1.44. The van der Waals surface area contributed by atoms with E-state index in [0.717, 1.165) is 10.0 Å². The van der Waals surface area contributed by atoms with Crippen LogP contribution in [-0.4, -0.2) is 38.9 Å². The highest BCUT2D eigenvalue weighted by molar-refractivity contribution is 9.10. The molecular formula is C17H18BrFN2O2S. The normalized spacial score (nSPS) is 16.4. The fraction of sp³-hybridized carbons (Fsp3) is 0.294. The number of hydrogen-bond donors (Lipinski definition) is 0. The second-order valence-corrected chi connectivity index (χ2v) is 8.55. The Morgan fingerprint density at radius 1 is 1.04 bits per heavy atom. The lowest BCUT2D eigenvalue weighted by Crippen LogP contribution is -2.48. The van der Waals surface area contributed by atoms with Crippen molar-refractivity contribution < 1.29 is 12.8 Å². The van der Waals surface area contributed by atoms with Gasteiger partial charge in [0, 0.05) is 30.7 Å². The van der Waals surface area contributed by atoms with Crippen molar-refractivity contribution in [2.24, 2.45) is 0 Å². The van der Waals surface area contributed by atoms with Crippen molar-refractivity contribution in [3.05, 3.63) is 58.3 Å². The molecule has 1 aliphatic rings. The fourth-order valence-electron chi connectivity index (χ4n) is 2.80. The van der Waals surface area contributed by atoms with Gasteiger partial charge in [0.05, 0.1) is 10.6 Å². The first-order valence-electron chi connectivity index (χ1n) is 7.65. The molecule has 1 saturated heterocycles. The summed E-state index contributed by atoms with van der Waals surface area (Å²) in [5, 5.41) is 0. The first-order valence-corrected chi connectivity index (χ1v) is 9.88. The molecule has 128 valence electrons. The Morgan fingerprint density at radius 3 is 2.33 bits per heavy atom. The van der Waals surface area contributed by atoms with Gasteiger partial charge in [0.25, 0.3) is 0 Å². The molecule has 1 aliphatic heterocycles. The summed E-state index contributed by atoms with van der Waals surface area (Å²) in [6.07, 6.45) is 0. The van der Waals surface area contributed by atoms with E-state index in [1.165, 1.54) is 10.4 Å². The van der Waals surface area contributed by atoms with Crippen LogP contribution in [0.5, 0.6) is 0 Å². The number of sulfonamides is 1. The summed E-state index contributed by atoms with van der Waals surface area (Å²) < 4.78 is 41.8. The van der Waals surface area contributed by atoms with E-state index in [-0.39, 0.29) is 5.82 Å². The van der Waals surface area contributed by atoms with Gasteiger partial charge in [0.2, 0.25) is 10.0 Å². The van der Waals surface area contributed by atoms with Crippen LogP contribution in [0.15, 0.2) is 51.8 Å². The van der Waals surface area contributed by atoms with E-state index in [4.69, 9.17) is 0 Å². The quantitative estimate of drug-likeness (QED) is 0.775. The molecule has 1 heterocycles. The summed E-state index contributed by atoms with van der Waals surface area (Å²) in [4.78, 5) is 2.18. The SMILES string of the molecule is Cc1cc(S(=O)(=O)N2CCN(c3ccccc3F)CC2)ccc1Br. The predicted molar refractivity (Wildman–Crippen MR) is 96.3 cm³/mol. The molecule has 3 rings (SSSR count). The molecule has 7 heteroatoms. The zero-order chi connectivity index (χ0) is 17.3. The van der Waals surface area contributed by atoms with E-state index in [9.17, 15) is 12.8 Å². The number of aryl methyl sites for hydroxylation is 1. The van der Waals surface area contributed by atoms with E-state index in [1.54, 1.807) is 36.4 Å². The molecule has 0 radical (unpaired) electrons. The minimum atomic E-state index is -3.52. The number of hydrogen-bond acceptors (Lipinski definition) is 3. The summed E-state index contributed by atoms with van der Waals surface area (Å²) >= 11 is 3.38. The average Bonchev–Trinajstić information content (AvgIpc) is 2.58. The van der Waals surface area contributed by atoms with Gasteiger partial charge in [0.15, 0.2) is 0 Å². The molecule has 0 unspecified atom stereocenters. The van der Waals surface area contributed by atoms with Crippen LogP contribution < -0.4 is 4.90 Å². The van der Waals surface area contributed by atoms with Gasteiger partial charge in [-0.05, 0) is 42.8 Å². The highest BCUT2D eigenvalue weighted by Crippen LogP contribution is 2.25. The second kappa shape index (κ2) is 6.82. The van der Waals surface area contributed by atoms with Gasteiger partial charge in [-0.15, -0.1) is 0 Å². The van der Waals surface area contributed by atoms with E-state index in [1.807, 2.05) is 11.8 Å². The van der Waals surface area contributed by atoms with Crippen molar-refractivity contribution in [2.75, 3.05) is 31.1 Å². The lowest BCUT2D eigenvalue weighted by atomic mass is 10.2. The molecule has 0 aromatic heterocycles. The third-order valence-corrected chi connectivity index (χ3v) is 6.98. The molecule has 0 atom stereocenters. The van der Waals surface area contributed by atoms with Crippen LogP contribution in [0.25, 0.3) is 0 Å². The van der Waals surface area contributed by atoms with Crippen molar-refractivity contribution in [2.45, 2.75) is 11.8 Å². The zero-order valence-electron chi connectivity index (χ0n) is 13.2. The monoisotopic (exact) mass is 412 g/mol. The number of nitrogens with zero attached hydrogens (tertiary/aromatic N) is 2. The Kier molecular flexibility index (Phi) is 4.94. The van der Waals surface area contributed by atoms with Crippen molar-refractivity contribution in [3.63, 3.8) is 0 Å². The van der Waals surface area contributed by atoms with Crippen LogP contribution in [-0.2, 0) is 10.0 Å². The van der Waals surface area contributed by atoms with E-state index < -0.39 is 10.0 Å². The molecular weight excluding hydrogens is 395 g/mol. The summed E-state index contributed by atoms with van der Waals surface area (Å²) in [6, 6.07) is 11.6. The van der Waals surface area contributed by atoms with E-state index in [0.29, 0.717) is 36.8 Å². The van der Waals surface area contributed by atoms with Crippen molar-refractivity contribution in [1.82, 2.24) is 4.31 Å². The maximum absolute atomic E-state index is 13.9. The Morgan fingerprint density at radius 2 is 1.71 bits per heavy atom. The summed E-state index contributed by atoms with van der Waals surface area (Å²) in [5.74, 6) is -0.280. The predicted octanol–water partition coefficient (Wildman–Crippen LogP) is 3.41. The minimum Gasteiger partial charge on any atom is -0.367 e. The second-order valence-electron chi connectivity index (χ2n) is 5.75. The van der Waals surface area contributed by atoms with Gasteiger partial charge < -0.3 is 4.90 Å². The summed E-state index contributed by atoms with van der Waals surface area (Å²) in [6.45, 7) is 3.47. The molecule has 0 spiro atoms. The molecule has 2 aromatic carbocycles. The lowest BCUT2D eigenvalue weighted by Gasteiger charge is -2.35. The lowest BCUT2D eigenvalue weighted by molar-refractivity contribution is 0.383. The number of rotatable bonds is 3. The van der Waals surface area contributed by atoms with Gasteiger partial charge in [-0.25, -0.2) is 12.8 Å². The van der Waals surface area contributed by atoms with Gasteiger partial charge in [-0.2, -0.15) is 4.31 Å². The molecule has 1 fully saturated rings. The van der Waals surface area contributed by atoms with E-state index >= 15 is 0 Å². The van der Waals surface area contributed by atoms with Gasteiger partial charge in [-0.3, -0.25) is 0 Å². The molecule has 0 N–H and O–H groups in total. The maximum atomic E-state index is 13.9. The van der Waals surface area contributed by atoms with Crippen LogP contribution in [0.1, 0.15) is 5.56 Å². The van der Waals surface area contributed by atoms with Crippen molar-refractivity contribution in [3.8, 4) is 0 Å². The highest BCUT2D eigenvalue weighted by Gasteiger charge is 2.29. The topological polar surface area (TPSA) is 40.6 Å². The first-order chi connectivity index (χ1) is 11.4. The molecule has 0 aliphatic carbocycles. The molecule has 2 aromatic rings. The Bertz CT molecular complexity index is 849. The summed E-state index contributed by atoms with van der Waals surface area (Å²) in [7, 11) is -3.52. The third-order valence-electron chi connectivity index (χ3n) is 4.20. The highest BCUT2D eigenvalue weighted by atomic mass is 79.9. The van der Waals surface area contributed by atoms with Crippen LogP contribution in [0, 0.1) is 12.7 Å². The maximum Gasteiger partial charge on any atom is 0.243 e. The number of anilines is 1. The van der Waals surface area contributed by atoms with Crippen LogP contribution in [0.2, 0.25) is 0 Å². The minimum absolute atomic E-state index is 0.280. The number of halogens is 2.